The van der Waals surface area contributed by atoms with Gasteiger partial charge < -0.3 is 25.5 Å². The van der Waals surface area contributed by atoms with Gasteiger partial charge in [0.25, 0.3) is 0 Å². The van der Waals surface area contributed by atoms with E-state index in [-0.39, 0.29) is 80.4 Å². The Morgan fingerprint density at radius 1 is 0.775 bits per heavy atom. The normalized spacial score (nSPS) is 20.0. The highest BCUT2D eigenvalue weighted by atomic mass is 16.4. The van der Waals surface area contributed by atoms with E-state index in [0.717, 1.165) is 21.9 Å². The van der Waals surface area contributed by atoms with Crippen molar-refractivity contribution in [1.82, 2.24) is 9.80 Å². The number of amides is 4. The van der Waals surface area contributed by atoms with Crippen LogP contribution in [0.4, 0.5) is 0 Å². The number of phenols is 4. The van der Waals surface area contributed by atoms with Gasteiger partial charge in [-0.2, -0.15) is 0 Å². The standard InChI is InChI=1S/C28H30N2O10/c31-19-6-4-15(22(33)13-19)9-17-11-24(35)29(26(17)37)8-2-1-3-21(28(39)40)30-25(36)12-18(27(30)38)10-16-5-7-20(32)14-23(16)34/h4-7,13-14,17-18,21,31-34H,1-3,8-12H2,(H,39,40). The third-order valence-electron chi connectivity index (χ3n) is 7.39. The molecule has 2 aromatic rings. The average Bonchev–Trinajstić information content (AvgIpc) is 3.30. The van der Waals surface area contributed by atoms with Gasteiger partial charge in [0.05, 0.1) is 11.8 Å². The number of benzene rings is 2. The van der Waals surface area contributed by atoms with Gasteiger partial charge in [0.15, 0.2) is 0 Å². The van der Waals surface area contributed by atoms with Gasteiger partial charge in [0, 0.05) is 31.5 Å². The predicted molar refractivity (Wildman–Crippen MR) is 137 cm³/mol. The first-order valence-electron chi connectivity index (χ1n) is 12.9. The molecule has 0 bridgehead atoms. The molecule has 2 aliphatic rings. The molecule has 40 heavy (non-hydrogen) atoms. The van der Waals surface area contributed by atoms with Crippen molar-refractivity contribution in [2.24, 2.45) is 11.8 Å². The molecular weight excluding hydrogens is 524 g/mol. The number of carbonyl (C=O) groups is 5. The lowest BCUT2D eigenvalue weighted by Gasteiger charge is -2.23. The number of nitrogens with zero attached hydrogens (tertiary/aromatic N) is 2. The van der Waals surface area contributed by atoms with Crippen LogP contribution in [0.5, 0.6) is 23.0 Å². The Balaban J connectivity index is 1.31. The molecule has 5 N–H and O–H groups in total. The number of hydrogen-bond donors (Lipinski definition) is 5. The van der Waals surface area contributed by atoms with E-state index in [0.29, 0.717) is 11.1 Å². The lowest BCUT2D eigenvalue weighted by atomic mass is 9.97. The largest absolute Gasteiger partial charge is 0.508 e. The molecule has 12 heteroatoms. The summed E-state index contributed by atoms with van der Waals surface area (Å²) in [4.78, 5) is 64.7. The second-order valence-corrected chi connectivity index (χ2v) is 10.2. The molecule has 3 unspecified atom stereocenters. The first kappa shape index (κ1) is 28.4. The van der Waals surface area contributed by atoms with Gasteiger partial charge in [-0.3, -0.25) is 29.0 Å². The SMILES string of the molecule is O=C(O)C(CCCCN1C(=O)CC(Cc2ccc(O)cc2O)C1=O)N1C(=O)CC(Cc2ccc(O)cc2O)C1=O. The number of carboxylic acid groups (broad SMARTS) is 1. The van der Waals surface area contributed by atoms with Gasteiger partial charge in [-0.15, -0.1) is 0 Å². The van der Waals surface area contributed by atoms with Crippen LogP contribution in [0.1, 0.15) is 43.2 Å². The number of carbonyl (C=O) groups excluding carboxylic acids is 4. The zero-order valence-corrected chi connectivity index (χ0v) is 21.5. The smallest absolute Gasteiger partial charge is 0.326 e. The molecule has 212 valence electrons. The molecule has 0 spiro atoms. The van der Waals surface area contributed by atoms with E-state index >= 15 is 0 Å². The van der Waals surface area contributed by atoms with E-state index in [1.165, 1.54) is 24.3 Å². The third kappa shape index (κ3) is 6.00. The molecule has 0 radical (unpaired) electrons. The topological polar surface area (TPSA) is 193 Å². The molecule has 2 heterocycles. The third-order valence-corrected chi connectivity index (χ3v) is 7.39. The van der Waals surface area contributed by atoms with Crippen LogP contribution in [0.15, 0.2) is 36.4 Å². The number of aromatic hydroxyl groups is 4. The highest BCUT2D eigenvalue weighted by Crippen LogP contribution is 2.32. The predicted octanol–water partition coefficient (Wildman–Crippen LogP) is 1.67. The van der Waals surface area contributed by atoms with Crippen molar-refractivity contribution in [3.8, 4) is 23.0 Å². The Hall–Kier alpha value is -4.61. The Bertz CT molecular complexity index is 1360. The van der Waals surface area contributed by atoms with E-state index in [1.54, 1.807) is 0 Å². The average molecular weight is 555 g/mol. The summed E-state index contributed by atoms with van der Waals surface area (Å²) in [6, 6.07) is 6.49. The second kappa shape index (κ2) is 11.6. The van der Waals surface area contributed by atoms with E-state index in [1.807, 2.05) is 0 Å². The minimum atomic E-state index is -1.41. The molecule has 3 atom stereocenters. The van der Waals surface area contributed by atoms with Crippen molar-refractivity contribution in [1.29, 1.82) is 0 Å². The number of carboxylic acids is 1. The Morgan fingerprint density at radius 2 is 1.30 bits per heavy atom. The number of likely N-dealkylation sites (tertiary alicyclic amines) is 2. The van der Waals surface area contributed by atoms with Gasteiger partial charge in [-0.1, -0.05) is 12.1 Å². The van der Waals surface area contributed by atoms with Crippen molar-refractivity contribution < 1.29 is 49.5 Å². The second-order valence-electron chi connectivity index (χ2n) is 10.2. The maximum Gasteiger partial charge on any atom is 0.326 e. The number of aliphatic carboxylic acids is 1. The zero-order valence-electron chi connectivity index (χ0n) is 21.5. The first-order chi connectivity index (χ1) is 19.0. The van der Waals surface area contributed by atoms with Crippen LogP contribution in [0, 0.1) is 11.8 Å². The molecule has 2 aromatic carbocycles. The molecule has 2 aliphatic heterocycles. The zero-order chi connectivity index (χ0) is 29.1. The van der Waals surface area contributed by atoms with Gasteiger partial charge in [-0.05, 0) is 55.4 Å². The minimum absolute atomic E-state index is 0.00178. The summed E-state index contributed by atoms with van der Waals surface area (Å²) in [6.45, 7) is 0.0483. The maximum atomic E-state index is 13.0. The monoisotopic (exact) mass is 554 g/mol. The molecule has 0 aromatic heterocycles. The fourth-order valence-corrected chi connectivity index (χ4v) is 5.30. The highest BCUT2D eigenvalue weighted by molar-refractivity contribution is 6.06. The molecule has 2 fully saturated rings. The molecular formula is C28H30N2O10. The number of hydrogen-bond acceptors (Lipinski definition) is 9. The quantitative estimate of drug-likeness (QED) is 0.201. The Kier molecular flexibility index (Phi) is 8.26. The molecule has 2 saturated heterocycles. The lowest BCUT2D eigenvalue weighted by molar-refractivity contribution is -0.155. The van der Waals surface area contributed by atoms with Crippen molar-refractivity contribution in [2.75, 3.05) is 6.54 Å². The lowest BCUT2D eigenvalue weighted by Crippen LogP contribution is -2.45. The van der Waals surface area contributed by atoms with E-state index in [9.17, 15) is 49.5 Å². The van der Waals surface area contributed by atoms with Crippen LogP contribution in [-0.4, -0.2) is 77.5 Å². The molecule has 0 aliphatic carbocycles. The van der Waals surface area contributed by atoms with Crippen molar-refractivity contribution in [3.63, 3.8) is 0 Å². The van der Waals surface area contributed by atoms with Crippen LogP contribution < -0.4 is 0 Å². The van der Waals surface area contributed by atoms with E-state index < -0.39 is 41.6 Å². The van der Waals surface area contributed by atoms with Crippen LogP contribution >= 0.6 is 0 Å². The molecule has 0 saturated carbocycles. The van der Waals surface area contributed by atoms with Crippen LogP contribution in [0.25, 0.3) is 0 Å². The summed E-state index contributed by atoms with van der Waals surface area (Å²) in [5.41, 5.74) is 0.769. The Morgan fingerprint density at radius 3 is 1.82 bits per heavy atom. The van der Waals surface area contributed by atoms with Gasteiger partial charge in [-0.25, -0.2) is 4.79 Å². The first-order valence-corrected chi connectivity index (χ1v) is 12.9. The minimum Gasteiger partial charge on any atom is -0.508 e. The number of phenolic OH excluding ortho intramolecular Hbond substituents is 4. The van der Waals surface area contributed by atoms with Gasteiger partial charge in [0.1, 0.15) is 29.0 Å². The summed E-state index contributed by atoms with van der Waals surface area (Å²) in [5.74, 6) is -5.64. The van der Waals surface area contributed by atoms with Crippen molar-refractivity contribution in [3.05, 3.63) is 47.5 Å². The van der Waals surface area contributed by atoms with Gasteiger partial charge in [0.2, 0.25) is 23.6 Å². The summed E-state index contributed by atoms with van der Waals surface area (Å²) < 4.78 is 0. The Labute approximate surface area is 229 Å². The maximum absolute atomic E-state index is 13.0. The summed E-state index contributed by atoms with van der Waals surface area (Å²) in [5, 5.41) is 48.6. The summed E-state index contributed by atoms with van der Waals surface area (Å²) in [7, 11) is 0. The number of imide groups is 2. The van der Waals surface area contributed by atoms with Crippen LogP contribution in [-0.2, 0) is 36.8 Å². The van der Waals surface area contributed by atoms with Crippen molar-refractivity contribution >= 4 is 29.6 Å². The fourth-order valence-electron chi connectivity index (χ4n) is 5.30. The van der Waals surface area contributed by atoms with Crippen LogP contribution in [0.3, 0.4) is 0 Å². The highest BCUT2D eigenvalue weighted by Gasteiger charge is 2.45. The molecule has 4 rings (SSSR count). The van der Waals surface area contributed by atoms with Crippen LogP contribution in [0.2, 0.25) is 0 Å². The van der Waals surface area contributed by atoms with E-state index in [2.05, 4.69) is 0 Å². The number of unbranched alkanes of at least 4 members (excludes halogenated alkanes) is 1. The number of rotatable bonds is 11. The fraction of sp³-hybridized carbons (Fsp3) is 0.393. The summed E-state index contributed by atoms with van der Waals surface area (Å²) in [6.07, 6.45) is 0.296. The molecule has 12 nitrogen and oxygen atoms in total. The van der Waals surface area contributed by atoms with E-state index in [4.69, 9.17) is 0 Å². The van der Waals surface area contributed by atoms with Gasteiger partial charge >= 0.3 is 5.97 Å². The van der Waals surface area contributed by atoms with Crippen molar-refractivity contribution in [2.45, 2.75) is 51.0 Å². The molecule has 4 amide bonds. The summed E-state index contributed by atoms with van der Waals surface area (Å²) >= 11 is 0.